The van der Waals surface area contributed by atoms with E-state index in [2.05, 4.69) is 4.74 Å². The SMILES string of the molecule is COC(=O)C1(C)CSCC1=O. The molecule has 62 valence electrons. The number of ketones is 1. The lowest BCUT2D eigenvalue weighted by Gasteiger charge is -2.16. The highest BCUT2D eigenvalue weighted by atomic mass is 32.2. The Morgan fingerprint density at radius 3 is 2.73 bits per heavy atom. The summed E-state index contributed by atoms with van der Waals surface area (Å²) in [5.74, 6) is 0.561. The van der Waals surface area contributed by atoms with E-state index in [0.717, 1.165) is 0 Å². The third-order valence-electron chi connectivity index (χ3n) is 1.88. The summed E-state index contributed by atoms with van der Waals surface area (Å²) >= 11 is 1.48. The Morgan fingerprint density at radius 1 is 1.73 bits per heavy atom. The number of carbonyl (C=O) groups excluding carboxylic acids is 2. The first-order chi connectivity index (χ1) is 5.11. The van der Waals surface area contributed by atoms with Gasteiger partial charge in [-0.15, -0.1) is 0 Å². The number of rotatable bonds is 1. The van der Waals surface area contributed by atoms with Crippen LogP contribution in [0.1, 0.15) is 6.92 Å². The van der Waals surface area contributed by atoms with Gasteiger partial charge in [-0.25, -0.2) is 0 Å². The molecule has 1 saturated heterocycles. The number of methoxy groups -OCH3 is 1. The summed E-state index contributed by atoms with van der Waals surface area (Å²) in [7, 11) is 1.31. The number of thioether (sulfide) groups is 1. The van der Waals surface area contributed by atoms with Gasteiger partial charge >= 0.3 is 5.97 Å². The van der Waals surface area contributed by atoms with Gasteiger partial charge in [0.25, 0.3) is 0 Å². The van der Waals surface area contributed by atoms with Crippen molar-refractivity contribution < 1.29 is 14.3 Å². The van der Waals surface area contributed by atoms with Crippen LogP contribution in [0.4, 0.5) is 0 Å². The molecule has 0 bridgehead atoms. The van der Waals surface area contributed by atoms with Crippen LogP contribution in [-0.4, -0.2) is 30.4 Å². The van der Waals surface area contributed by atoms with Gasteiger partial charge in [0.2, 0.25) is 0 Å². The van der Waals surface area contributed by atoms with E-state index in [0.29, 0.717) is 11.5 Å². The van der Waals surface area contributed by atoms with Crippen LogP contribution >= 0.6 is 11.8 Å². The molecule has 0 aromatic heterocycles. The fraction of sp³-hybridized carbons (Fsp3) is 0.714. The molecule has 11 heavy (non-hydrogen) atoms. The van der Waals surface area contributed by atoms with Crippen molar-refractivity contribution in [2.24, 2.45) is 5.41 Å². The zero-order valence-corrected chi connectivity index (χ0v) is 7.36. The zero-order valence-electron chi connectivity index (χ0n) is 6.55. The molecule has 0 saturated carbocycles. The molecule has 1 fully saturated rings. The summed E-state index contributed by atoms with van der Waals surface area (Å²) in [4.78, 5) is 22.3. The molecule has 1 aliphatic rings. The first kappa shape index (κ1) is 8.59. The third-order valence-corrected chi connectivity index (χ3v) is 3.12. The minimum Gasteiger partial charge on any atom is -0.468 e. The van der Waals surface area contributed by atoms with Crippen molar-refractivity contribution in [1.82, 2.24) is 0 Å². The average molecular weight is 174 g/mol. The normalized spacial score (nSPS) is 30.5. The van der Waals surface area contributed by atoms with Crippen LogP contribution in [0.3, 0.4) is 0 Å². The molecular formula is C7H10O3S. The molecule has 0 amide bonds. The third kappa shape index (κ3) is 1.27. The van der Waals surface area contributed by atoms with Gasteiger partial charge in [-0.3, -0.25) is 9.59 Å². The molecule has 1 heterocycles. The average Bonchev–Trinajstić information content (AvgIpc) is 2.32. The number of hydrogen-bond acceptors (Lipinski definition) is 4. The number of carbonyl (C=O) groups is 2. The second kappa shape index (κ2) is 2.85. The predicted molar refractivity (Wildman–Crippen MR) is 42.5 cm³/mol. The molecule has 1 atom stereocenters. The van der Waals surface area contributed by atoms with Crippen LogP contribution in [0.2, 0.25) is 0 Å². The van der Waals surface area contributed by atoms with Gasteiger partial charge < -0.3 is 4.74 Å². The van der Waals surface area contributed by atoms with Crippen LogP contribution in [-0.2, 0) is 14.3 Å². The van der Waals surface area contributed by atoms with Crippen molar-refractivity contribution in [3.63, 3.8) is 0 Å². The number of esters is 1. The van der Waals surface area contributed by atoms with E-state index in [1.54, 1.807) is 6.92 Å². The second-order valence-corrected chi connectivity index (χ2v) is 3.73. The highest BCUT2D eigenvalue weighted by molar-refractivity contribution is 8.00. The first-order valence-electron chi connectivity index (χ1n) is 3.31. The smallest absolute Gasteiger partial charge is 0.319 e. The van der Waals surface area contributed by atoms with Gasteiger partial charge in [-0.2, -0.15) is 11.8 Å². The minimum atomic E-state index is -0.876. The molecule has 4 heteroatoms. The van der Waals surface area contributed by atoms with Gasteiger partial charge in [0, 0.05) is 5.75 Å². The maximum Gasteiger partial charge on any atom is 0.319 e. The number of ether oxygens (including phenoxy) is 1. The molecule has 0 N–H and O–H groups in total. The van der Waals surface area contributed by atoms with Crippen LogP contribution in [0, 0.1) is 5.41 Å². The van der Waals surface area contributed by atoms with Gasteiger partial charge in [0.1, 0.15) is 5.41 Å². The van der Waals surface area contributed by atoms with E-state index in [1.807, 2.05) is 0 Å². The zero-order chi connectivity index (χ0) is 8.48. The Morgan fingerprint density at radius 2 is 2.36 bits per heavy atom. The van der Waals surface area contributed by atoms with E-state index < -0.39 is 11.4 Å². The molecule has 0 radical (unpaired) electrons. The molecule has 0 aromatic carbocycles. The lowest BCUT2D eigenvalue weighted by molar-refractivity contribution is -0.154. The van der Waals surface area contributed by atoms with Crippen molar-refractivity contribution in [2.75, 3.05) is 18.6 Å². The van der Waals surface area contributed by atoms with Gasteiger partial charge in [-0.1, -0.05) is 0 Å². The molecule has 1 rings (SSSR count). The Balaban J connectivity index is 2.80. The highest BCUT2D eigenvalue weighted by Crippen LogP contribution is 2.33. The highest BCUT2D eigenvalue weighted by Gasteiger charge is 2.45. The Labute approximate surface area is 69.5 Å². The summed E-state index contributed by atoms with van der Waals surface area (Å²) in [6.07, 6.45) is 0. The van der Waals surface area contributed by atoms with Gasteiger partial charge in [0.15, 0.2) is 5.78 Å². The number of hydrogen-bond donors (Lipinski definition) is 0. The van der Waals surface area contributed by atoms with Crippen LogP contribution < -0.4 is 0 Å². The van der Waals surface area contributed by atoms with Crippen molar-refractivity contribution in [2.45, 2.75) is 6.92 Å². The van der Waals surface area contributed by atoms with Crippen LogP contribution in [0.25, 0.3) is 0 Å². The lowest BCUT2D eigenvalue weighted by Crippen LogP contribution is -2.36. The summed E-state index contributed by atoms with van der Waals surface area (Å²) in [6.45, 7) is 1.64. The lowest BCUT2D eigenvalue weighted by atomic mass is 9.89. The summed E-state index contributed by atoms with van der Waals surface area (Å²) in [5, 5.41) is 0. The van der Waals surface area contributed by atoms with E-state index in [4.69, 9.17) is 0 Å². The fourth-order valence-electron chi connectivity index (χ4n) is 0.986. The van der Waals surface area contributed by atoms with Crippen molar-refractivity contribution in [1.29, 1.82) is 0 Å². The molecule has 0 aliphatic carbocycles. The predicted octanol–water partition coefficient (Wildman–Crippen LogP) is 0.482. The van der Waals surface area contributed by atoms with E-state index >= 15 is 0 Å². The molecule has 3 nitrogen and oxygen atoms in total. The van der Waals surface area contributed by atoms with E-state index in [1.165, 1.54) is 18.9 Å². The Kier molecular flexibility index (Phi) is 2.23. The molecule has 1 aliphatic heterocycles. The van der Waals surface area contributed by atoms with Crippen molar-refractivity contribution in [3.8, 4) is 0 Å². The maximum atomic E-state index is 11.2. The standard InChI is InChI=1S/C7H10O3S/c1-7(6(9)10-2)4-11-3-5(7)8/h3-4H2,1-2H3. The van der Waals surface area contributed by atoms with Crippen molar-refractivity contribution in [3.05, 3.63) is 0 Å². The number of Topliss-reactive ketones (excluding diaryl/α,β-unsaturated/α-hetero) is 1. The van der Waals surface area contributed by atoms with E-state index in [-0.39, 0.29) is 5.78 Å². The topological polar surface area (TPSA) is 43.4 Å². The molecule has 0 spiro atoms. The van der Waals surface area contributed by atoms with Crippen LogP contribution in [0.5, 0.6) is 0 Å². The van der Waals surface area contributed by atoms with Gasteiger partial charge in [-0.05, 0) is 6.92 Å². The van der Waals surface area contributed by atoms with Crippen LogP contribution in [0.15, 0.2) is 0 Å². The quantitative estimate of drug-likeness (QED) is 0.428. The van der Waals surface area contributed by atoms with Crippen molar-refractivity contribution >= 4 is 23.5 Å². The monoisotopic (exact) mass is 174 g/mol. The second-order valence-electron chi connectivity index (χ2n) is 2.74. The molecule has 0 aromatic rings. The Hall–Kier alpha value is -0.510. The fourth-order valence-corrected chi connectivity index (χ4v) is 2.28. The first-order valence-corrected chi connectivity index (χ1v) is 4.46. The summed E-state index contributed by atoms with van der Waals surface area (Å²) in [6, 6.07) is 0. The molecule has 1 unspecified atom stereocenters. The molecular weight excluding hydrogens is 164 g/mol. The Bertz CT molecular complexity index is 202. The maximum absolute atomic E-state index is 11.2. The van der Waals surface area contributed by atoms with E-state index in [9.17, 15) is 9.59 Å². The minimum absolute atomic E-state index is 0.0191. The largest absolute Gasteiger partial charge is 0.468 e. The van der Waals surface area contributed by atoms with Gasteiger partial charge in [0.05, 0.1) is 12.9 Å². The summed E-state index contributed by atoms with van der Waals surface area (Å²) < 4.78 is 4.53. The summed E-state index contributed by atoms with van der Waals surface area (Å²) in [5.41, 5.74) is -0.876.